The molecule has 12 nitrogen and oxygen atoms in total. The van der Waals surface area contributed by atoms with Crippen LogP contribution in [-0.2, 0) is 9.59 Å². The van der Waals surface area contributed by atoms with Crippen molar-refractivity contribution in [2.75, 3.05) is 33.7 Å². The summed E-state index contributed by atoms with van der Waals surface area (Å²) in [4.78, 5) is 62.8. The topological polar surface area (TPSA) is 142 Å². The molecule has 0 spiro atoms. The highest BCUT2D eigenvalue weighted by Gasteiger charge is 2.40. The van der Waals surface area contributed by atoms with Crippen LogP contribution >= 0.6 is 0 Å². The quantitative estimate of drug-likeness (QED) is 0.144. The molecule has 5 heterocycles. The number of likely N-dealkylation sites (N-methyl/N-ethyl adjacent to an activating group) is 1. The number of likely N-dealkylation sites (tertiary alicyclic amines) is 3. The van der Waals surface area contributed by atoms with Crippen LogP contribution in [0.3, 0.4) is 0 Å². The SMILES string of the molecule is CN(C)[C@@H](C(=O)N1CCC[C@H]1c1ncc(-c2ccc(-c3ccc(-c4cnc([C@@H]5CCCN5C(=O)[C@H]5CCCCN5C(=O)O)[nH]4)cc3)cc2)[nH]1)c1ccccc1. The summed E-state index contributed by atoms with van der Waals surface area (Å²) in [5.41, 5.74) is 6.95. The summed E-state index contributed by atoms with van der Waals surface area (Å²) < 4.78 is 0. The van der Waals surface area contributed by atoms with E-state index in [1.54, 1.807) is 0 Å². The van der Waals surface area contributed by atoms with Crippen molar-refractivity contribution in [3.63, 3.8) is 0 Å². The summed E-state index contributed by atoms with van der Waals surface area (Å²) >= 11 is 0. The first kappa shape index (κ1) is 36.2. The minimum Gasteiger partial charge on any atom is -0.465 e. The van der Waals surface area contributed by atoms with Crippen molar-refractivity contribution in [1.82, 2.24) is 39.5 Å². The molecule has 55 heavy (non-hydrogen) atoms. The van der Waals surface area contributed by atoms with Crippen LogP contribution in [0.1, 0.15) is 80.3 Å². The number of aromatic nitrogens is 4. The molecular formula is C43H48N8O4. The van der Waals surface area contributed by atoms with Crippen molar-refractivity contribution in [3.05, 3.63) is 108 Å². The number of amides is 3. The second-order valence-electron chi connectivity index (χ2n) is 15.2. The van der Waals surface area contributed by atoms with Gasteiger partial charge < -0.3 is 24.9 Å². The van der Waals surface area contributed by atoms with Gasteiger partial charge in [0.15, 0.2) is 0 Å². The summed E-state index contributed by atoms with van der Waals surface area (Å²) in [5.74, 6) is 1.53. The van der Waals surface area contributed by atoms with Gasteiger partial charge in [0, 0.05) is 19.6 Å². The van der Waals surface area contributed by atoms with Crippen molar-refractivity contribution in [3.8, 4) is 33.6 Å². The van der Waals surface area contributed by atoms with Crippen LogP contribution in [-0.4, -0.2) is 102 Å². The Labute approximate surface area is 321 Å². The van der Waals surface area contributed by atoms with Gasteiger partial charge in [0.1, 0.15) is 23.7 Å². The first-order valence-electron chi connectivity index (χ1n) is 19.4. The van der Waals surface area contributed by atoms with E-state index < -0.39 is 12.1 Å². The number of piperidine rings is 1. The second-order valence-corrected chi connectivity index (χ2v) is 15.2. The van der Waals surface area contributed by atoms with Crippen molar-refractivity contribution < 1.29 is 19.5 Å². The summed E-state index contributed by atoms with van der Waals surface area (Å²) in [5, 5.41) is 9.69. The van der Waals surface area contributed by atoms with Gasteiger partial charge in [0.2, 0.25) is 11.8 Å². The van der Waals surface area contributed by atoms with Gasteiger partial charge in [0.05, 0.1) is 35.9 Å². The van der Waals surface area contributed by atoms with Gasteiger partial charge in [-0.1, -0.05) is 78.9 Å². The number of benzene rings is 3. The highest BCUT2D eigenvalue weighted by Crippen LogP contribution is 2.37. The first-order valence-corrected chi connectivity index (χ1v) is 19.4. The molecule has 2 aromatic heterocycles. The summed E-state index contributed by atoms with van der Waals surface area (Å²) in [6.45, 7) is 1.71. The lowest BCUT2D eigenvalue weighted by molar-refractivity contribution is -0.139. The van der Waals surface area contributed by atoms with Crippen molar-refractivity contribution >= 4 is 17.9 Å². The minimum absolute atomic E-state index is 0.0950. The number of imidazole rings is 2. The van der Waals surface area contributed by atoms with Gasteiger partial charge >= 0.3 is 6.09 Å². The number of carbonyl (C=O) groups is 3. The molecule has 3 N–H and O–H groups in total. The maximum absolute atomic E-state index is 13.9. The second kappa shape index (κ2) is 15.5. The van der Waals surface area contributed by atoms with E-state index in [4.69, 9.17) is 4.98 Å². The lowest BCUT2D eigenvalue weighted by Gasteiger charge is -2.36. The van der Waals surface area contributed by atoms with Gasteiger partial charge in [0.25, 0.3) is 0 Å². The molecule has 0 unspecified atom stereocenters. The molecule has 0 saturated carbocycles. The molecule has 12 heteroatoms. The molecule has 284 valence electrons. The van der Waals surface area contributed by atoms with Crippen LogP contribution in [0.25, 0.3) is 33.6 Å². The van der Waals surface area contributed by atoms with Crippen LogP contribution in [0.15, 0.2) is 91.3 Å². The molecule has 3 fully saturated rings. The average Bonchev–Trinajstić information content (AvgIpc) is 4.05. The number of nitrogens with zero attached hydrogens (tertiary/aromatic N) is 6. The van der Waals surface area contributed by atoms with E-state index in [-0.39, 0.29) is 29.9 Å². The summed E-state index contributed by atoms with van der Waals surface area (Å²) in [6, 6.07) is 25.4. The van der Waals surface area contributed by atoms with Crippen molar-refractivity contribution in [2.45, 2.75) is 69.1 Å². The van der Waals surface area contributed by atoms with E-state index in [1.807, 2.05) is 71.5 Å². The predicted octanol–water partition coefficient (Wildman–Crippen LogP) is 7.30. The maximum Gasteiger partial charge on any atom is 0.407 e. The third-order valence-electron chi connectivity index (χ3n) is 11.5. The standard InChI is InChI=1S/C43H48N8O4/c1-48(2)38(32-10-4-3-5-11-32)42(53)50-25-9-14-36(50)40-45-27-34(47-40)31-21-17-29(18-22-31)28-15-19-30(20-16-28)33-26-44-39(46-33)35-13-8-24-49(35)41(52)37-12-6-7-23-51(37)43(54)55/h3-5,10-11,15-22,26-27,35-38H,6-9,12-14,23-25H2,1-2H3,(H,44,46)(H,45,47)(H,54,55)/t35-,36-,37+,38+/m0/s1. The molecule has 3 saturated heterocycles. The molecule has 0 radical (unpaired) electrons. The van der Waals surface area contributed by atoms with E-state index in [0.717, 1.165) is 89.4 Å². The van der Waals surface area contributed by atoms with E-state index >= 15 is 0 Å². The zero-order valence-corrected chi connectivity index (χ0v) is 31.4. The Morgan fingerprint density at radius 1 is 0.655 bits per heavy atom. The van der Waals surface area contributed by atoms with Gasteiger partial charge in [-0.25, -0.2) is 14.8 Å². The number of carbonyl (C=O) groups excluding carboxylic acids is 2. The number of nitrogens with one attached hydrogen (secondary N) is 2. The smallest absolute Gasteiger partial charge is 0.407 e. The fourth-order valence-corrected chi connectivity index (χ4v) is 8.68. The number of H-pyrrole nitrogens is 2. The molecular weight excluding hydrogens is 693 g/mol. The first-order chi connectivity index (χ1) is 26.8. The fraction of sp³-hybridized carbons (Fsp3) is 0.372. The van der Waals surface area contributed by atoms with E-state index in [9.17, 15) is 19.5 Å². The Kier molecular flexibility index (Phi) is 10.2. The van der Waals surface area contributed by atoms with Gasteiger partial charge in [-0.2, -0.15) is 0 Å². The lowest BCUT2D eigenvalue weighted by Crippen LogP contribution is -2.52. The molecule has 3 amide bonds. The number of carboxylic acid groups (broad SMARTS) is 1. The number of hydrogen-bond acceptors (Lipinski definition) is 6. The molecule has 0 aliphatic carbocycles. The molecule has 3 aliphatic heterocycles. The Morgan fingerprint density at radius 3 is 1.71 bits per heavy atom. The van der Waals surface area contributed by atoms with Gasteiger partial charge in [-0.15, -0.1) is 0 Å². The minimum atomic E-state index is -1.03. The van der Waals surface area contributed by atoms with Crippen LogP contribution in [0.4, 0.5) is 4.79 Å². The van der Waals surface area contributed by atoms with Crippen LogP contribution in [0, 0.1) is 0 Å². The molecule has 5 aromatic rings. The monoisotopic (exact) mass is 740 g/mol. The third-order valence-corrected chi connectivity index (χ3v) is 11.5. The maximum atomic E-state index is 13.9. The number of aromatic amines is 2. The molecule has 8 rings (SSSR count). The Morgan fingerprint density at radius 2 is 1.16 bits per heavy atom. The Bertz CT molecular complexity index is 2130. The van der Waals surface area contributed by atoms with E-state index in [2.05, 4.69) is 63.5 Å². The van der Waals surface area contributed by atoms with Crippen molar-refractivity contribution in [2.24, 2.45) is 0 Å². The molecule has 0 bridgehead atoms. The predicted molar refractivity (Wildman–Crippen MR) is 210 cm³/mol. The van der Waals surface area contributed by atoms with Crippen molar-refractivity contribution in [1.29, 1.82) is 0 Å². The lowest BCUT2D eigenvalue weighted by atomic mass is 10.0. The fourth-order valence-electron chi connectivity index (χ4n) is 8.68. The highest BCUT2D eigenvalue weighted by atomic mass is 16.4. The normalized spacial score (nSPS) is 20.6. The number of hydrogen-bond donors (Lipinski definition) is 3. The zero-order valence-electron chi connectivity index (χ0n) is 31.4. The van der Waals surface area contributed by atoms with Crippen LogP contribution in [0.2, 0.25) is 0 Å². The summed E-state index contributed by atoms with van der Waals surface area (Å²) in [6.07, 6.45) is 8.30. The van der Waals surface area contributed by atoms with Crippen LogP contribution in [0.5, 0.6) is 0 Å². The van der Waals surface area contributed by atoms with Crippen LogP contribution < -0.4 is 0 Å². The van der Waals surface area contributed by atoms with E-state index in [1.165, 1.54) is 4.90 Å². The molecule has 4 atom stereocenters. The zero-order chi connectivity index (χ0) is 38.1. The van der Waals surface area contributed by atoms with Gasteiger partial charge in [-0.05, 0) is 86.9 Å². The largest absolute Gasteiger partial charge is 0.465 e. The molecule has 3 aliphatic rings. The Hall–Kier alpha value is -5.75. The summed E-state index contributed by atoms with van der Waals surface area (Å²) in [7, 11) is 3.90. The molecule has 3 aromatic carbocycles. The van der Waals surface area contributed by atoms with Gasteiger partial charge in [-0.3, -0.25) is 19.4 Å². The third kappa shape index (κ3) is 7.26. The Balaban J connectivity index is 0.924. The highest BCUT2D eigenvalue weighted by molar-refractivity contribution is 5.86. The van der Waals surface area contributed by atoms with E-state index in [0.29, 0.717) is 26.1 Å². The average molecular weight is 741 g/mol. The number of rotatable bonds is 9.